The zero-order chi connectivity index (χ0) is 8.97. The second kappa shape index (κ2) is 4.07. The van der Waals surface area contributed by atoms with E-state index in [9.17, 15) is 0 Å². The average molecular weight is 166 g/mol. The van der Waals surface area contributed by atoms with Crippen molar-refractivity contribution in [2.24, 2.45) is 0 Å². The molecule has 3 nitrogen and oxygen atoms in total. The summed E-state index contributed by atoms with van der Waals surface area (Å²) in [6.07, 6.45) is 1.73. The van der Waals surface area contributed by atoms with E-state index in [1.807, 2.05) is 19.2 Å². The number of hydrogen-bond acceptors (Lipinski definition) is 3. The van der Waals surface area contributed by atoms with Gasteiger partial charge < -0.3 is 10.1 Å². The highest BCUT2D eigenvalue weighted by atomic mass is 16.5. The summed E-state index contributed by atoms with van der Waals surface area (Å²) in [6.45, 7) is 2.06. The van der Waals surface area contributed by atoms with E-state index in [4.69, 9.17) is 4.74 Å². The predicted molar refractivity (Wildman–Crippen MR) is 48.3 cm³/mol. The molecular weight excluding hydrogens is 152 g/mol. The molecule has 66 valence electrons. The van der Waals surface area contributed by atoms with Crippen LogP contribution in [0.5, 0.6) is 5.75 Å². The van der Waals surface area contributed by atoms with Crippen LogP contribution < -0.4 is 10.1 Å². The Morgan fingerprint density at radius 3 is 2.67 bits per heavy atom. The quantitative estimate of drug-likeness (QED) is 0.736. The third-order valence-electron chi connectivity index (χ3n) is 1.87. The fourth-order valence-corrected chi connectivity index (χ4v) is 0.917. The highest BCUT2D eigenvalue weighted by Gasteiger charge is 2.02. The van der Waals surface area contributed by atoms with E-state index in [0.717, 1.165) is 11.4 Å². The van der Waals surface area contributed by atoms with Crippen molar-refractivity contribution >= 4 is 0 Å². The number of rotatable bonds is 3. The summed E-state index contributed by atoms with van der Waals surface area (Å²) in [7, 11) is 3.55. The van der Waals surface area contributed by atoms with Crippen LogP contribution in [0.3, 0.4) is 0 Å². The Morgan fingerprint density at radius 2 is 2.25 bits per heavy atom. The number of pyridine rings is 1. The first kappa shape index (κ1) is 9.00. The van der Waals surface area contributed by atoms with Gasteiger partial charge in [-0.05, 0) is 26.1 Å². The van der Waals surface area contributed by atoms with Crippen LogP contribution in [0.25, 0.3) is 0 Å². The van der Waals surface area contributed by atoms with Crippen molar-refractivity contribution in [3.63, 3.8) is 0 Å². The van der Waals surface area contributed by atoms with Crippen LogP contribution >= 0.6 is 0 Å². The Labute approximate surface area is 72.8 Å². The number of methoxy groups -OCH3 is 1. The summed E-state index contributed by atoms with van der Waals surface area (Å²) in [6, 6.07) is 4.16. The Hall–Kier alpha value is -1.09. The molecule has 12 heavy (non-hydrogen) atoms. The van der Waals surface area contributed by atoms with Crippen molar-refractivity contribution in [1.29, 1.82) is 0 Å². The molecule has 0 bridgehead atoms. The molecule has 0 radical (unpaired) electrons. The van der Waals surface area contributed by atoms with Crippen LogP contribution in [0.4, 0.5) is 0 Å². The zero-order valence-electron chi connectivity index (χ0n) is 7.66. The molecule has 0 aliphatic carbocycles. The fraction of sp³-hybridized carbons (Fsp3) is 0.444. The molecular formula is C9H14N2O. The predicted octanol–water partition coefficient (Wildman–Crippen LogP) is 1.37. The second-order valence-electron chi connectivity index (χ2n) is 2.63. The van der Waals surface area contributed by atoms with E-state index in [0.29, 0.717) is 0 Å². The van der Waals surface area contributed by atoms with Crippen molar-refractivity contribution in [2.75, 3.05) is 14.2 Å². The van der Waals surface area contributed by atoms with Crippen molar-refractivity contribution in [1.82, 2.24) is 10.3 Å². The Bertz CT molecular complexity index is 233. The largest absolute Gasteiger partial charge is 0.495 e. The molecule has 0 saturated carbocycles. The summed E-state index contributed by atoms with van der Waals surface area (Å²) >= 11 is 0. The summed E-state index contributed by atoms with van der Waals surface area (Å²) in [5.74, 6) is 0.794. The minimum Gasteiger partial charge on any atom is -0.495 e. The van der Waals surface area contributed by atoms with Gasteiger partial charge >= 0.3 is 0 Å². The first-order chi connectivity index (χ1) is 5.77. The molecule has 1 rings (SSSR count). The first-order valence-electron chi connectivity index (χ1n) is 3.95. The summed E-state index contributed by atoms with van der Waals surface area (Å²) in [5.41, 5.74) is 1.03. The number of nitrogens with zero attached hydrogens (tertiary/aromatic N) is 1. The highest BCUT2D eigenvalue weighted by Crippen LogP contribution is 2.12. The molecule has 1 aromatic heterocycles. The lowest BCUT2D eigenvalue weighted by Gasteiger charge is -2.09. The maximum atomic E-state index is 5.00. The van der Waals surface area contributed by atoms with Gasteiger partial charge in [0.25, 0.3) is 0 Å². The maximum Gasteiger partial charge on any atom is 0.137 e. The molecule has 1 unspecified atom stereocenters. The Morgan fingerprint density at radius 1 is 1.50 bits per heavy atom. The molecule has 0 amide bonds. The molecule has 0 spiro atoms. The van der Waals surface area contributed by atoms with Gasteiger partial charge in [0.15, 0.2) is 0 Å². The van der Waals surface area contributed by atoms with Gasteiger partial charge in [-0.15, -0.1) is 0 Å². The molecule has 3 heteroatoms. The lowest BCUT2D eigenvalue weighted by atomic mass is 10.2. The first-order valence-corrected chi connectivity index (χ1v) is 3.95. The molecule has 0 aliphatic heterocycles. The zero-order valence-corrected chi connectivity index (χ0v) is 7.66. The van der Waals surface area contributed by atoms with Crippen molar-refractivity contribution < 1.29 is 4.74 Å². The van der Waals surface area contributed by atoms with E-state index in [1.165, 1.54) is 0 Å². The van der Waals surface area contributed by atoms with Crippen LogP contribution in [-0.4, -0.2) is 19.1 Å². The van der Waals surface area contributed by atoms with Crippen molar-refractivity contribution in [2.45, 2.75) is 13.0 Å². The monoisotopic (exact) mass is 166 g/mol. The molecule has 0 saturated heterocycles. The highest BCUT2D eigenvalue weighted by molar-refractivity contribution is 5.20. The van der Waals surface area contributed by atoms with Gasteiger partial charge in [-0.3, -0.25) is 4.98 Å². The number of nitrogens with one attached hydrogen (secondary N) is 1. The molecule has 1 atom stereocenters. The minimum atomic E-state index is 0.288. The van der Waals surface area contributed by atoms with Gasteiger partial charge in [0.2, 0.25) is 0 Å². The number of ether oxygens (including phenoxy) is 1. The molecule has 1 heterocycles. The van der Waals surface area contributed by atoms with E-state index < -0.39 is 0 Å². The topological polar surface area (TPSA) is 34.1 Å². The standard InChI is InChI=1S/C9H14N2O/c1-7(10-2)9-5-4-8(12-3)6-11-9/h4-7,10H,1-3H3. The minimum absolute atomic E-state index is 0.288. The van der Waals surface area contributed by atoms with Crippen LogP contribution in [0.2, 0.25) is 0 Å². The maximum absolute atomic E-state index is 5.00. The van der Waals surface area contributed by atoms with Crippen molar-refractivity contribution in [3.8, 4) is 5.75 Å². The van der Waals surface area contributed by atoms with Gasteiger partial charge in [0, 0.05) is 6.04 Å². The third-order valence-corrected chi connectivity index (χ3v) is 1.87. The molecule has 1 N–H and O–H groups in total. The Kier molecular flexibility index (Phi) is 3.05. The lowest BCUT2D eigenvalue weighted by molar-refractivity contribution is 0.412. The lowest BCUT2D eigenvalue weighted by Crippen LogP contribution is -2.13. The summed E-state index contributed by atoms with van der Waals surface area (Å²) < 4.78 is 5.00. The fourth-order valence-electron chi connectivity index (χ4n) is 0.917. The van der Waals surface area contributed by atoms with E-state index in [2.05, 4.69) is 17.2 Å². The SMILES string of the molecule is CNC(C)c1ccc(OC)cn1. The average Bonchev–Trinajstić information content (AvgIpc) is 2.17. The van der Waals surface area contributed by atoms with Gasteiger partial charge in [-0.1, -0.05) is 0 Å². The normalized spacial score (nSPS) is 12.6. The third kappa shape index (κ3) is 1.95. The van der Waals surface area contributed by atoms with Gasteiger partial charge in [-0.25, -0.2) is 0 Å². The molecule has 0 fully saturated rings. The van der Waals surface area contributed by atoms with E-state index in [-0.39, 0.29) is 6.04 Å². The van der Waals surface area contributed by atoms with Gasteiger partial charge in [0.05, 0.1) is 19.0 Å². The van der Waals surface area contributed by atoms with Crippen LogP contribution in [0.15, 0.2) is 18.3 Å². The van der Waals surface area contributed by atoms with Crippen LogP contribution in [-0.2, 0) is 0 Å². The van der Waals surface area contributed by atoms with E-state index >= 15 is 0 Å². The van der Waals surface area contributed by atoms with Crippen LogP contribution in [0, 0.1) is 0 Å². The molecule has 1 aromatic rings. The molecule has 0 aliphatic rings. The van der Waals surface area contributed by atoms with Gasteiger partial charge in [-0.2, -0.15) is 0 Å². The smallest absolute Gasteiger partial charge is 0.137 e. The molecule has 0 aromatic carbocycles. The Balaban J connectivity index is 2.77. The number of hydrogen-bond donors (Lipinski definition) is 1. The summed E-state index contributed by atoms with van der Waals surface area (Å²) in [5, 5.41) is 3.12. The number of aromatic nitrogens is 1. The second-order valence-corrected chi connectivity index (χ2v) is 2.63. The van der Waals surface area contributed by atoms with Crippen molar-refractivity contribution in [3.05, 3.63) is 24.0 Å². The van der Waals surface area contributed by atoms with Gasteiger partial charge in [0.1, 0.15) is 5.75 Å². The van der Waals surface area contributed by atoms with Crippen LogP contribution in [0.1, 0.15) is 18.7 Å². The van der Waals surface area contributed by atoms with E-state index in [1.54, 1.807) is 13.3 Å². The summed E-state index contributed by atoms with van der Waals surface area (Å²) in [4.78, 5) is 4.23.